The van der Waals surface area contributed by atoms with Gasteiger partial charge >= 0.3 is 18.2 Å². The Labute approximate surface area is 274 Å². The Morgan fingerprint density at radius 2 is 1.68 bits per heavy atom. The van der Waals surface area contributed by atoms with E-state index in [0.29, 0.717) is 6.42 Å². The molecule has 1 saturated carbocycles. The summed E-state index contributed by atoms with van der Waals surface area (Å²) in [6, 6.07) is 12.3. The van der Waals surface area contributed by atoms with Gasteiger partial charge < -0.3 is 35.1 Å². The minimum Gasteiger partial charge on any atom is -0.445 e. The molecule has 14 nitrogen and oxygen atoms in total. The summed E-state index contributed by atoms with van der Waals surface area (Å²) in [4.78, 5) is 60.5. The molecule has 1 fully saturated rings. The number of nitrogens with one attached hydrogen (secondary N) is 3. The van der Waals surface area contributed by atoms with Crippen LogP contribution in [0.5, 0.6) is 5.75 Å². The Bertz CT molecular complexity index is 1440. The van der Waals surface area contributed by atoms with Gasteiger partial charge in [0.05, 0.1) is 11.0 Å². The summed E-state index contributed by atoms with van der Waals surface area (Å²) in [6.07, 6.45) is 2.13. The lowest BCUT2D eigenvalue weighted by Gasteiger charge is -2.28. The second-order valence-corrected chi connectivity index (χ2v) is 12.1. The average Bonchev–Trinajstić information content (AvgIpc) is 2.97. The standard InChI is InChI=1S/C33H43N5O9/c1-22(35-28(39)20-34-31(41)47-33(2,3)4)30(24-8-6-9-24)36-25-13-11-23(12-14-25)21-45-32(42)37(5)19-7-10-29(40)46-27-17-15-26(16-18-27)38(43)44/h11-18,22,36H,6-10,19-21H2,1-5H3,(H,34,41)(H,35,39). The Hall–Kier alpha value is -5.14. The van der Waals surface area contributed by atoms with Gasteiger partial charge in [-0.1, -0.05) is 12.1 Å². The number of nitro benzene ring substituents is 1. The van der Waals surface area contributed by atoms with E-state index >= 15 is 0 Å². The third-order valence-corrected chi connectivity index (χ3v) is 7.00. The van der Waals surface area contributed by atoms with E-state index in [1.807, 2.05) is 31.2 Å². The minimum absolute atomic E-state index is 0.0481. The Balaban J connectivity index is 1.41. The van der Waals surface area contributed by atoms with Crippen molar-refractivity contribution in [2.75, 3.05) is 25.5 Å². The Morgan fingerprint density at radius 1 is 1.02 bits per heavy atom. The van der Waals surface area contributed by atoms with Crippen LogP contribution in [0.25, 0.3) is 0 Å². The van der Waals surface area contributed by atoms with E-state index in [0.717, 1.165) is 36.2 Å². The topological polar surface area (TPSA) is 178 Å². The van der Waals surface area contributed by atoms with Crippen LogP contribution in [-0.4, -0.2) is 65.7 Å². The third-order valence-electron chi connectivity index (χ3n) is 7.00. The number of carbonyl (C=O) groups is 4. The number of hydrogen-bond acceptors (Lipinski definition) is 10. The predicted molar refractivity (Wildman–Crippen MR) is 174 cm³/mol. The molecule has 14 heteroatoms. The number of allylic oxidation sites excluding steroid dienone is 1. The van der Waals surface area contributed by atoms with Gasteiger partial charge in [-0.2, -0.15) is 0 Å². The second kappa shape index (κ2) is 17.0. The van der Waals surface area contributed by atoms with E-state index in [4.69, 9.17) is 14.2 Å². The summed E-state index contributed by atoms with van der Waals surface area (Å²) < 4.78 is 15.8. The number of benzene rings is 2. The minimum atomic E-state index is -0.659. The van der Waals surface area contributed by atoms with Crippen LogP contribution in [0.15, 0.2) is 59.8 Å². The van der Waals surface area contributed by atoms with Crippen molar-refractivity contribution in [1.29, 1.82) is 0 Å². The first-order valence-corrected chi connectivity index (χ1v) is 15.4. The predicted octanol–water partition coefficient (Wildman–Crippen LogP) is 5.43. The van der Waals surface area contributed by atoms with Crippen LogP contribution in [0.4, 0.5) is 21.0 Å². The maximum atomic E-state index is 12.5. The van der Waals surface area contributed by atoms with Gasteiger partial charge in [0.2, 0.25) is 5.91 Å². The maximum absolute atomic E-state index is 12.5. The molecule has 0 heterocycles. The summed E-state index contributed by atoms with van der Waals surface area (Å²) in [5.41, 5.74) is 2.94. The quantitative estimate of drug-likeness (QED) is 0.103. The molecule has 3 amide bonds. The van der Waals surface area contributed by atoms with Crippen LogP contribution in [0, 0.1) is 10.1 Å². The fraction of sp³-hybridized carbons (Fsp3) is 0.455. The molecule has 1 atom stereocenters. The molecule has 0 bridgehead atoms. The number of nitrogens with zero attached hydrogens (tertiary/aromatic N) is 2. The van der Waals surface area contributed by atoms with Crippen LogP contribution < -0.4 is 20.7 Å². The SMILES string of the molecule is CC(NC(=O)CNC(=O)OC(C)(C)C)C(Nc1ccc(COC(=O)N(C)CCCC(=O)Oc2ccc([N+](=O)[O-])cc2)cc1)=C1CCC1. The smallest absolute Gasteiger partial charge is 0.409 e. The highest BCUT2D eigenvalue weighted by Gasteiger charge is 2.22. The summed E-state index contributed by atoms with van der Waals surface area (Å²) in [7, 11) is 1.57. The zero-order valence-corrected chi connectivity index (χ0v) is 27.4. The molecule has 0 saturated heterocycles. The molecule has 0 aliphatic heterocycles. The highest BCUT2D eigenvalue weighted by atomic mass is 16.6. The van der Waals surface area contributed by atoms with Crippen molar-refractivity contribution in [3.05, 3.63) is 75.5 Å². The number of esters is 1. The number of ether oxygens (including phenoxy) is 3. The number of amides is 3. The Morgan fingerprint density at radius 3 is 2.26 bits per heavy atom. The van der Waals surface area contributed by atoms with Crippen LogP contribution in [0.3, 0.4) is 0 Å². The molecule has 1 aliphatic rings. The fourth-order valence-electron chi connectivity index (χ4n) is 4.42. The molecule has 0 radical (unpaired) electrons. The molecule has 1 unspecified atom stereocenters. The molecule has 0 aromatic heterocycles. The summed E-state index contributed by atoms with van der Waals surface area (Å²) >= 11 is 0. The van der Waals surface area contributed by atoms with Crippen molar-refractivity contribution in [2.24, 2.45) is 0 Å². The number of anilines is 1. The highest BCUT2D eigenvalue weighted by Crippen LogP contribution is 2.31. The molecule has 3 rings (SSSR count). The number of hydrogen-bond donors (Lipinski definition) is 3. The van der Waals surface area contributed by atoms with Crippen LogP contribution in [-0.2, 0) is 25.7 Å². The number of non-ortho nitro benzene ring substituents is 1. The highest BCUT2D eigenvalue weighted by molar-refractivity contribution is 5.82. The monoisotopic (exact) mass is 653 g/mol. The first-order chi connectivity index (χ1) is 22.2. The lowest BCUT2D eigenvalue weighted by Crippen LogP contribution is -2.44. The number of carbonyl (C=O) groups excluding carboxylic acids is 4. The molecule has 47 heavy (non-hydrogen) atoms. The van der Waals surface area contributed by atoms with Crippen molar-refractivity contribution in [1.82, 2.24) is 15.5 Å². The maximum Gasteiger partial charge on any atom is 0.409 e. The zero-order chi connectivity index (χ0) is 34.6. The van der Waals surface area contributed by atoms with Crippen LogP contribution >= 0.6 is 0 Å². The van der Waals surface area contributed by atoms with E-state index in [-0.39, 0.29) is 49.5 Å². The van der Waals surface area contributed by atoms with E-state index in [9.17, 15) is 29.3 Å². The molecular formula is C33H43N5O9. The van der Waals surface area contributed by atoms with E-state index in [1.165, 1.54) is 34.7 Å². The molecule has 1 aliphatic carbocycles. The second-order valence-electron chi connectivity index (χ2n) is 12.1. The zero-order valence-electron chi connectivity index (χ0n) is 27.4. The molecule has 0 spiro atoms. The van der Waals surface area contributed by atoms with E-state index in [2.05, 4.69) is 16.0 Å². The van der Waals surface area contributed by atoms with Gasteiger partial charge in [0.25, 0.3) is 5.69 Å². The fourth-order valence-corrected chi connectivity index (χ4v) is 4.42. The molecule has 254 valence electrons. The van der Waals surface area contributed by atoms with Crippen molar-refractivity contribution in [3.63, 3.8) is 0 Å². The molecule has 3 N–H and O–H groups in total. The number of nitro groups is 1. The lowest BCUT2D eigenvalue weighted by atomic mass is 9.88. The average molecular weight is 654 g/mol. The van der Waals surface area contributed by atoms with Crippen molar-refractivity contribution in [2.45, 2.75) is 78.0 Å². The van der Waals surface area contributed by atoms with Crippen LogP contribution in [0.1, 0.15) is 65.4 Å². The molecule has 2 aromatic carbocycles. The van der Waals surface area contributed by atoms with E-state index < -0.39 is 28.7 Å². The summed E-state index contributed by atoms with van der Waals surface area (Å²) in [5.74, 6) is -0.652. The lowest BCUT2D eigenvalue weighted by molar-refractivity contribution is -0.384. The largest absolute Gasteiger partial charge is 0.445 e. The van der Waals surface area contributed by atoms with Gasteiger partial charge in [-0.05, 0) is 88.8 Å². The van der Waals surface area contributed by atoms with Gasteiger partial charge in [0, 0.05) is 43.5 Å². The van der Waals surface area contributed by atoms with Crippen molar-refractivity contribution >= 4 is 35.4 Å². The third kappa shape index (κ3) is 12.6. The van der Waals surface area contributed by atoms with Gasteiger partial charge in [-0.3, -0.25) is 19.7 Å². The van der Waals surface area contributed by atoms with Gasteiger partial charge in [-0.25, -0.2) is 9.59 Å². The first-order valence-electron chi connectivity index (χ1n) is 15.4. The Kier molecular flexibility index (Phi) is 13.1. The van der Waals surface area contributed by atoms with Crippen molar-refractivity contribution in [3.8, 4) is 5.75 Å². The van der Waals surface area contributed by atoms with E-state index in [1.54, 1.807) is 27.8 Å². The van der Waals surface area contributed by atoms with Gasteiger partial charge in [0.1, 0.15) is 24.5 Å². The molecule has 2 aromatic rings. The normalized spacial score (nSPS) is 12.9. The number of alkyl carbamates (subject to hydrolysis) is 1. The van der Waals surface area contributed by atoms with Crippen molar-refractivity contribution < 1.29 is 38.3 Å². The summed E-state index contributed by atoms with van der Waals surface area (Å²) in [5, 5.41) is 19.5. The van der Waals surface area contributed by atoms with Gasteiger partial charge in [0.15, 0.2) is 0 Å². The first kappa shape index (κ1) is 36.3. The summed E-state index contributed by atoms with van der Waals surface area (Å²) in [6.45, 7) is 7.23. The van der Waals surface area contributed by atoms with Crippen LogP contribution in [0.2, 0.25) is 0 Å². The molecular weight excluding hydrogens is 610 g/mol. The van der Waals surface area contributed by atoms with Gasteiger partial charge in [-0.15, -0.1) is 0 Å². The number of rotatable bonds is 14.